The Labute approximate surface area is 261 Å². The van der Waals surface area contributed by atoms with Crippen molar-refractivity contribution in [3.05, 3.63) is 92.2 Å². The summed E-state index contributed by atoms with van der Waals surface area (Å²) in [5, 5.41) is 6.27. The molecule has 0 bridgehead atoms. The second-order valence-electron chi connectivity index (χ2n) is 11.3. The Morgan fingerprint density at radius 1 is 1.12 bits per heavy atom. The lowest BCUT2D eigenvalue weighted by Crippen LogP contribution is -2.57. The van der Waals surface area contributed by atoms with Gasteiger partial charge in [-0.2, -0.15) is 0 Å². The van der Waals surface area contributed by atoms with Crippen molar-refractivity contribution < 1.29 is 31.9 Å². The number of ether oxygens (including phenoxy) is 1. The van der Waals surface area contributed by atoms with Gasteiger partial charge in [-0.1, -0.05) is 39.7 Å². The number of hydrogen-bond donors (Lipinski definition) is 3. The number of anilines is 1. The Morgan fingerprint density at radius 3 is 2.53 bits per heavy atom. The number of carbonyl (C=O) groups is 3. The number of nitrogens with one attached hydrogen (secondary N) is 3. The maximum absolute atomic E-state index is 14.7. The van der Waals surface area contributed by atoms with E-state index in [1.54, 1.807) is 49.4 Å². The highest BCUT2D eigenvalue weighted by atomic mass is 79.9. The molecule has 1 fully saturated rings. The van der Waals surface area contributed by atoms with Crippen LogP contribution in [0.3, 0.4) is 0 Å². The molecule has 226 valence electrons. The second-order valence-corrected chi connectivity index (χ2v) is 14.4. The summed E-state index contributed by atoms with van der Waals surface area (Å²) in [5.41, 5.74) is -0.722. The van der Waals surface area contributed by atoms with Gasteiger partial charge in [-0.05, 0) is 79.9 Å². The van der Waals surface area contributed by atoms with Crippen molar-refractivity contribution in [2.75, 3.05) is 11.6 Å². The molecule has 2 heterocycles. The van der Waals surface area contributed by atoms with Crippen molar-refractivity contribution in [1.29, 1.82) is 0 Å². The first kappa shape index (κ1) is 31.0. The standard InChI is InChI=1S/C30H28BrClFN3O6S/c1-15-5-8-18(33)13-19(15)26-30(21-9-7-17(32)12-23(21)34-28(30)39)22(14-25(37)35-26)20-11-16(31)6-10-24(20)42-29(2,3)27(38)36-43(4,40)41/h5-13,22,26H,14H2,1-4H3,(H,34,39)(H,35,37)(H,36,38)/t22-,26+,30?/m1/s1. The molecule has 2 aliphatic rings. The number of amides is 3. The molecule has 13 heteroatoms. The van der Waals surface area contributed by atoms with E-state index in [4.69, 9.17) is 16.3 Å². The largest absolute Gasteiger partial charge is 0.478 e. The van der Waals surface area contributed by atoms with Crippen LogP contribution in [0, 0.1) is 12.7 Å². The Hall–Kier alpha value is -3.48. The van der Waals surface area contributed by atoms with E-state index in [9.17, 15) is 27.2 Å². The molecule has 3 aromatic carbocycles. The van der Waals surface area contributed by atoms with Crippen molar-refractivity contribution in [2.45, 2.75) is 50.2 Å². The van der Waals surface area contributed by atoms with Gasteiger partial charge in [-0.15, -0.1) is 0 Å². The van der Waals surface area contributed by atoms with E-state index in [1.807, 2.05) is 4.72 Å². The number of aryl methyl sites for hydroxylation is 1. The van der Waals surface area contributed by atoms with Crippen LogP contribution in [0.2, 0.25) is 5.02 Å². The van der Waals surface area contributed by atoms with Crippen LogP contribution in [0.15, 0.2) is 59.1 Å². The monoisotopic (exact) mass is 691 g/mol. The van der Waals surface area contributed by atoms with Gasteiger partial charge in [0.2, 0.25) is 21.8 Å². The van der Waals surface area contributed by atoms with Gasteiger partial charge in [-0.25, -0.2) is 17.5 Å². The third-order valence-corrected chi connectivity index (χ3v) is 9.13. The number of benzene rings is 3. The fourth-order valence-electron chi connectivity index (χ4n) is 5.94. The van der Waals surface area contributed by atoms with E-state index in [-0.39, 0.29) is 18.1 Å². The summed E-state index contributed by atoms with van der Waals surface area (Å²) >= 11 is 9.77. The van der Waals surface area contributed by atoms with E-state index < -0.39 is 50.6 Å². The number of halogens is 3. The van der Waals surface area contributed by atoms with E-state index in [0.717, 1.165) is 6.26 Å². The lowest BCUT2D eigenvalue weighted by Gasteiger charge is -2.47. The number of piperidine rings is 1. The SMILES string of the molecule is Cc1ccc(F)cc1[C@@H]1NC(=O)C[C@H](c2cc(Br)ccc2OC(C)(C)C(=O)NS(C)(=O)=O)C12C(=O)Nc1cc(Cl)ccc12. The molecule has 1 spiro atoms. The lowest BCUT2D eigenvalue weighted by molar-refractivity contribution is -0.133. The molecular formula is C30H28BrClFN3O6S. The van der Waals surface area contributed by atoms with Crippen molar-refractivity contribution in [3.8, 4) is 5.75 Å². The topological polar surface area (TPSA) is 131 Å². The minimum absolute atomic E-state index is 0.154. The van der Waals surface area contributed by atoms with E-state index in [2.05, 4.69) is 26.6 Å². The molecule has 3 N–H and O–H groups in total. The Balaban J connectivity index is 1.76. The molecule has 0 saturated carbocycles. The summed E-state index contributed by atoms with van der Waals surface area (Å²) < 4.78 is 47.0. The van der Waals surface area contributed by atoms with Crippen molar-refractivity contribution in [3.63, 3.8) is 0 Å². The van der Waals surface area contributed by atoms with Crippen molar-refractivity contribution in [2.24, 2.45) is 0 Å². The van der Waals surface area contributed by atoms with Gasteiger partial charge < -0.3 is 15.4 Å². The fraction of sp³-hybridized carbons (Fsp3) is 0.300. The van der Waals surface area contributed by atoms with Gasteiger partial charge in [0.1, 0.15) is 17.0 Å². The average molecular weight is 693 g/mol. The van der Waals surface area contributed by atoms with Crippen molar-refractivity contribution >= 4 is 61.0 Å². The number of hydrogen-bond acceptors (Lipinski definition) is 6. The first-order valence-electron chi connectivity index (χ1n) is 13.2. The van der Waals surface area contributed by atoms with Gasteiger partial charge in [0.15, 0.2) is 5.60 Å². The third-order valence-electron chi connectivity index (χ3n) is 7.84. The van der Waals surface area contributed by atoms with Crippen molar-refractivity contribution in [1.82, 2.24) is 10.0 Å². The average Bonchev–Trinajstić information content (AvgIpc) is 3.17. The smallest absolute Gasteiger partial charge is 0.277 e. The first-order chi connectivity index (χ1) is 20.0. The Morgan fingerprint density at radius 2 is 1.84 bits per heavy atom. The lowest BCUT2D eigenvalue weighted by atomic mass is 9.59. The van der Waals surface area contributed by atoms with Crippen LogP contribution < -0.4 is 20.1 Å². The highest BCUT2D eigenvalue weighted by molar-refractivity contribution is 9.10. The number of carbonyl (C=O) groups excluding carboxylic acids is 3. The number of rotatable bonds is 6. The zero-order valence-corrected chi connectivity index (χ0v) is 26.7. The number of sulfonamides is 1. The molecule has 0 aromatic heterocycles. The first-order valence-corrected chi connectivity index (χ1v) is 16.3. The minimum atomic E-state index is -3.89. The minimum Gasteiger partial charge on any atom is -0.478 e. The van der Waals surface area contributed by atoms with Gasteiger partial charge in [0.25, 0.3) is 5.91 Å². The van der Waals surface area contributed by atoms with Gasteiger partial charge in [0.05, 0.1) is 12.3 Å². The molecule has 5 rings (SSSR count). The third kappa shape index (κ3) is 5.63. The summed E-state index contributed by atoms with van der Waals surface area (Å²) in [5.74, 6) is -3.01. The van der Waals surface area contributed by atoms with Crippen LogP contribution in [0.5, 0.6) is 5.75 Å². The van der Waals surface area contributed by atoms with E-state index >= 15 is 0 Å². The van der Waals surface area contributed by atoms with Crippen LogP contribution in [-0.2, 0) is 29.8 Å². The molecule has 0 aliphatic carbocycles. The van der Waals surface area contributed by atoms with Crippen LogP contribution in [0.4, 0.5) is 10.1 Å². The number of fused-ring (bicyclic) bond motifs is 2. The molecule has 3 atom stereocenters. The predicted octanol–water partition coefficient (Wildman–Crippen LogP) is 5.02. The Kier molecular flexibility index (Phi) is 7.85. The molecule has 3 amide bonds. The molecule has 0 radical (unpaired) electrons. The quantitative estimate of drug-likeness (QED) is 0.333. The summed E-state index contributed by atoms with van der Waals surface area (Å²) in [6, 6.07) is 13.1. The normalized spacial score (nSPS) is 21.7. The molecule has 1 saturated heterocycles. The van der Waals surface area contributed by atoms with Gasteiger partial charge in [0, 0.05) is 33.1 Å². The van der Waals surface area contributed by atoms with Gasteiger partial charge >= 0.3 is 0 Å². The van der Waals surface area contributed by atoms with Crippen LogP contribution in [0.25, 0.3) is 0 Å². The summed E-state index contributed by atoms with van der Waals surface area (Å²) in [6.07, 6.45) is 0.691. The van der Waals surface area contributed by atoms with Gasteiger partial charge in [-0.3, -0.25) is 14.4 Å². The Bertz CT molecular complexity index is 1800. The van der Waals surface area contributed by atoms with Crippen LogP contribution >= 0.6 is 27.5 Å². The maximum atomic E-state index is 14.7. The highest BCUT2D eigenvalue weighted by Crippen LogP contribution is 2.59. The van der Waals surface area contributed by atoms with E-state index in [0.29, 0.717) is 37.4 Å². The van der Waals surface area contributed by atoms with Crippen LogP contribution in [0.1, 0.15) is 54.5 Å². The summed E-state index contributed by atoms with van der Waals surface area (Å²) in [4.78, 5) is 40.7. The molecule has 43 heavy (non-hydrogen) atoms. The molecule has 1 unspecified atom stereocenters. The molecule has 3 aromatic rings. The molecule has 9 nitrogen and oxygen atoms in total. The maximum Gasteiger partial charge on any atom is 0.277 e. The predicted molar refractivity (Wildman–Crippen MR) is 163 cm³/mol. The zero-order valence-electron chi connectivity index (χ0n) is 23.5. The summed E-state index contributed by atoms with van der Waals surface area (Å²) in [7, 11) is -3.89. The highest BCUT2D eigenvalue weighted by Gasteiger charge is 2.62. The van der Waals surface area contributed by atoms with E-state index in [1.165, 1.54) is 26.0 Å². The zero-order chi connectivity index (χ0) is 31.5. The second kappa shape index (κ2) is 10.9. The summed E-state index contributed by atoms with van der Waals surface area (Å²) in [6.45, 7) is 4.58. The molecule has 2 aliphatic heterocycles. The van der Waals surface area contributed by atoms with Crippen LogP contribution in [-0.4, -0.2) is 38.0 Å². The molecular weight excluding hydrogens is 665 g/mol. The fourth-order valence-corrected chi connectivity index (χ4v) is 7.07.